The molecular formula is C13H5BrCl2F2O2. The van der Waals surface area contributed by atoms with Crippen LogP contribution in [0.4, 0.5) is 8.78 Å². The van der Waals surface area contributed by atoms with E-state index < -0.39 is 17.4 Å². The molecule has 0 saturated heterocycles. The molecule has 7 heteroatoms. The van der Waals surface area contributed by atoms with E-state index >= 15 is 0 Å². The Morgan fingerprint density at radius 2 is 1.65 bits per heavy atom. The summed E-state index contributed by atoms with van der Waals surface area (Å²) >= 11 is 14.9. The number of hydrogen-bond donors (Lipinski definition) is 0. The molecule has 0 aliphatic heterocycles. The zero-order chi connectivity index (χ0) is 14.9. The number of rotatable bonds is 3. The first-order chi connectivity index (χ1) is 9.42. The van der Waals surface area contributed by atoms with Crippen LogP contribution in [0.5, 0.6) is 11.5 Å². The molecule has 104 valence electrons. The smallest absolute Gasteiger partial charge is 0.198 e. The third-order valence-corrected chi connectivity index (χ3v) is 3.84. The average Bonchev–Trinajstić information content (AvgIpc) is 2.39. The Hall–Kier alpha value is -1.17. The van der Waals surface area contributed by atoms with Gasteiger partial charge in [-0.05, 0) is 34.1 Å². The van der Waals surface area contributed by atoms with Crippen molar-refractivity contribution in [2.75, 3.05) is 0 Å². The molecule has 0 N–H and O–H groups in total. The SMILES string of the molecule is O=Cc1cc(F)c(Oc2cc(Cl)c(Br)cc2Cl)c(F)c1. The number of hydrogen-bond acceptors (Lipinski definition) is 2. The monoisotopic (exact) mass is 380 g/mol. The number of ether oxygens (including phenoxy) is 1. The van der Waals surface area contributed by atoms with Crippen molar-refractivity contribution in [3.8, 4) is 11.5 Å². The van der Waals surface area contributed by atoms with Crippen molar-refractivity contribution in [3.63, 3.8) is 0 Å². The summed E-state index contributed by atoms with van der Waals surface area (Å²) in [6.07, 6.45) is 0.333. The first kappa shape index (κ1) is 15.2. The normalized spacial score (nSPS) is 10.4. The minimum absolute atomic E-state index is 0.00322. The Labute approximate surface area is 131 Å². The summed E-state index contributed by atoms with van der Waals surface area (Å²) in [5.41, 5.74) is -0.132. The van der Waals surface area contributed by atoms with Crippen LogP contribution in [0.25, 0.3) is 0 Å². The lowest BCUT2D eigenvalue weighted by Gasteiger charge is -2.11. The Balaban J connectivity index is 2.45. The van der Waals surface area contributed by atoms with Crippen molar-refractivity contribution < 1.29 is 18.3 Å². The number of carbonyl (C=O) groups excluding carboxylic acids is 1. The van der Waals surface area contributed by atoms with Crippen molar-refractivity contribution in [3.05, 3.63) is 56.0 Å². The first-order valence-corrected chi connectivity index (χ1v) is 6.74. The molecule has 0 bridgehead atoms. The summed E-state index contributed by atoms with van der Waals surface area (Å²) in [5, 5.41) is 0.397. The van der Waals surface area contributed by atoms with Gasteiger partial charge < -0.3 is 4.74 Å². The Morgan fingerprint density at radius 1 is 1.05 bits per heavy atom. The van der Waals surface area contributed by atoms with E-state index in [1.54, 1.807) is 0 Å². The zero-order valence-corrected chi connectivity index (χ0v) is 12.7. The molecule has 2 nitrogen and oxygen atoms in total. The molecule has 2 aromatic rings. The van der Waals surface area contributed by atoms with Gasteiger partial charge >= 0.3 is 0 Å². The molecule has 2 rings (SSSR count). The van der Waals surface area contributed by atoms with Gasteiger partial charge in [-0.3, -0.25) is 4.79 Å². The molecule has 0 aliphatic rings. The maximum absolute atomic E-state index is 13.7. The average molecular weight is 382 g/mol. The number of halogens is 5. The van der Waals surface area contributed by atoms with E-state index in [1.807, 2.05) is 0 Å². The van der Waals surface area contributed by atoms with Gasteiger partial charge in [0.25, 0.3) is 0 Å². The molecule has 0 radical (unpaired) electrons. The van der Waals surface area contributed by atoms with Crippen molar-refractivity contribution in [2.24, 2.45) is 0 Å². The van der Waals surface area contributed by atoms with Crippen LogP contribution in [-0.4, -0.2) is 6.29 Å². The maximum atomic E-state index is 13.7. The van der Waals surface area contributed by atoms with Crippen LogP contribution in [-0.2, 0) is 0 Å². The molecular weight excluding hydrogens is 377 g/mol. The van der Waals surface area contributed by atoms with E-state index in [4.69, 9.17) is 27.9 Å². The Kier molecular flexibility index (Phi) is 4.62. The van der Waals surface area contributed by atoms with E-state index in [1.165, 1.54) is 12.1 Å². The molecule has 2 aromatic carbocycles. The second-order valence-electron chi connectivity index (χ2n) is 3.73. The topological polar surface area (TPSA) is 26.3 Å². The van der Waals surface area contributed by atoms with Gasteiger partial charge in [-0.1, -0.05) is 23.2 Å². The van der Waals surface area contributed by atoms with Crippen LogP contribution in [0, 0.1) is 11.6 Å². The highest BCUT2D eigenvalue weighted by Gasteiger charge is 2.16. The third-order valence-electron chi connectivity index (χ3n) is 2.34. The van der Waals surface area contributed by atoms with Crippen LogP contribution < -0.4 is 4.74 Å². The van der Waals surface area contributed by atoms with Crippen molar-refractivity contribution >= 4 is 45.4 Å². The second kappa shape index (κ2) is 6.08. The molecule has 0 heterocycles. The van der Waals surface area contributed by atoms with Crippen molar-refractivity contribution in [2.45, 2.75) is 0 Å². The summed E-state index contributed by atoms with van der Waals surface area (Å²) in [4.78, 5) is 10.5. The maximum Gasteiger partial charge on any atom is 0.198 e. The van der Waals surface area contributed by atoms with Gasteiger partial charge in [0.15, 0.2) is 17.4 Å². The predicted molar refractivity (Wildman–Crippen MR) is 76.0 cm³/mol. The minimum Gasteiger partial charge on any atom is -0.450 e. The Morgan fingerprint density at radius 3 is 2.20 bits per heavy atom. The fraction of sp³-hybridized carbons (Fsp3) is 0. The standard InChI is InChI=1S/C13H5BrCl2F2O2/c14-7-3-9(16)12(4-8(7)15)20-13-10(17)1-6(5-19)2-11(13)18/h1-5H. The zero-order valence-electron chi connectivity index (χ0n) is 9.59. The highest BCUT2D eigenvalue weighted by molar-refractivity contribution is 9.10. The molecule has 0 fully saturated rings. The highest BCUT2D eigenvalue weighted by Crippen LogP contribution is 2.38. The second-order valence-corrected chi connectivity index (χ2v) is 5.40. The first-order valence-electron chi connectivity index (χ1n) is 5.19. The van der Waals surface area contributed by atoms with Crippen LogP contribution >= 0.6 is 39.1 Å². The molecule has 0 unspecified atom stereocenters. The molecule has 0 spiro atoms. The van der Waals surface area contributed by atoms with E-state index in [0.717, 1.165) is 12.1 Å². The van der Waals surface area contributed by atoms with E-state index in [0.29, 0.717) is 10.8 Å². The molecule has 0 aromatic heterocycles. The van der Waals surface area contributed by atoms with Crippen molar-refractivity contribution in [1.82, 2.24) is 0 Å². The van der Waals surface area contributed by atoms with Gasteiger partial charge in [-0.2, -0.15) is 0 Å². The Bertz CT molecular complexity index is 669. The summed E-state index contributed by atoms with van der Waals surface area (Å²) in [6.45, 7) is 0. The predicted octanol–water partition coefficient (Wildman–Crippen LogP) is 5.64. The van der Waals surface area contributed by atoms with Gasteiger partial charge in [-0.25, -0.2) is 8.78 Å². The molecule has 0 amide bonds. The summed E-state index contributed by atoms with van der Waals surface area (Å²) < 4.78 is 33.0. The van der Waals surface area contributed by atoms with Crippen LogP contribution in [0.3, 0.4) is 0 Å². The fourth-order valence-electron chi connectivity index (χ4n) is 1.44. The van der Waals surface area contributed by atoms with E-state index in [9.17, 15) is 13.6 Å². The lowest BCUT2D eigenvalue weighted by Crippen LogP contribution is -1.96. The van der Waals surface area contributed by atoms with Crippen LogP contribution in [0.1, 0.15) is 10.4 Å². The number of carbonyl (C=O) groups is 1. The van der Waals surface area contributed by atoms with E-state index in [2.05, 4.69) is 15.9 Å². The largest absolute Gasteiger partial charge is 0.450 e. The summed E-state index contributed by atoms with van der Waals surface area (Å²) in [7, 11) is 0. The number of aldehydes is 1. The van der Waals surface area contributed by atoms with Crippen molar-refractivity contribution in [1.29, 1.82) is 0 Å². The summed E-state index contributed by atoms with van der Waals surface area (Å²) in [6, 6.07) is 4.48. The van der Waals surface area contributed by atoms with Gasteiger partial charge in [0, 0.05) is 16.1 Å². The molecule has 0 aliphatic carbocycles. The molecule has 0 atom stereocenters. The quantitative estimate of drug-likeness (QED) is 0.508. The van der Waals surface area contributed by atoms with Gasteiger partial charge in [0.1, 0.15) is 12.0 Å². The fourth-order valence-corrected chi connectivity index (χ4v) is 2.27. The lowest BCUT2D eigenvalue weighted by atomic mass is 10.2. The summed E-state index contributed by atoms with van der Waals surface area (Å²) in [5.74, 6) is -2.68. The number of benzene rings is 2. The third kappa shape index (κ3) is 3.11. The lowest BCUT2D eigenvalue weighted by molar-refractivity contribution is 0.112. The van der Waals surface area contributed by atoms with Gasteiger partial charge in [-0.15, -0.1) is 0 Å². The van der Waals surface area contributed by atoms with Gasteiger partial charge in [0.2, 0.25) is 0 Å². The van der Waals surface area contributed by atoms with Crippen LogP contribution in [0.15, 0.2) is 28.7 Å². The van der Waals surface area contributed by atoms with Gasteiger partial charge in [0.05, 0.1) is 10.0 Å². The minimum atomic E-state index is -1.01. The molecule has 20 heavy (non-hydrogen) atoms. The molecule has 0 saturated carbocycles. The van der Waals surface area contributed by atoms with Crippen LogP contribution in [0.2, 0.25) is 10.0 Å². The highest BCUT2D eigenvalue weighted by atomic mass is 79.9. The van der Waals surface area contributed by atoms with E-state index in [-0.39, 0.29) is 21.4 Å².